The molecule has 2 aromatic heterocycles. The Bertz CT molecular complexity index is 788. The monoisotopic (exact) mass is 401 g/mol. The van der Waals surface area contributed by atoms with Gasteiger partial charge in [-0.25, -0.2) is 4.98 Å². The second kappa shape index (κ2) is 7.49. The van der Waals surface area contributed by atoms with Crippen LogP contribution >= 0.6 is 11.3 Å². The van der Waals surface area contributed by atoms with E-state index in [9.17, 15) is 18.0 Å². The lowest BCUT2D eigenvalue weighted by Crippen LogP contribution is -2.39. The van der Waals surface area contributed by atoms with Crippen molar-refractivity contribution < 1.29 is 18.0 Å². The van der Waals surface area contributed by atoms with Gasteiger partial charge in [0.2, 0.25) is 0 Å². The number of piperidine rings is 1. The van der Waals surface area contributed by atoms with Crippen LogP contribution in [0.2, 0.25) is 0 Å². The number of aromatic nitrogens is 3. The minimum Gasteiger partial charge on any atom is -0.348 e. The highest BCUT2D eigenvalue weighted by Gasteiger charge is 2.34. The van der Waals surface area contributed by atoms with Crippen LogP contribution in [0, 0.1) is 12.8 Å². The molecule has 0 aliphatic carbocycles. The van der Waals surface area contributed by atoms with E-state index in [1.165, 1.54) is 0 Å². The van der Waals surface area contributed by atoms with Crippen molar-refractivity contribution in [3.63, 3.8) is 0 Å². The number of anilines is 1. The molecule has 0 aromatic carbocycles. The Kier molecular flexibility index (Phi) is 5.45. The molecule has 0 N–H and O–H groups in total. The predicted molar refractivity (Wildman–Crippen MR) is 97.0 cm³/mol. The number of carbonyl (C=O) groups is 1. The molecule has 0 bridgehead atoms. The molecule has 2 aromatic rings. The second-order valence-corrected chi connectivity index (χ2v) is 7.76. The summed E-state index contributed by atoms with van der Waals surface area (Å²) in [5.74, 6) is 0.193. The summed E-state index contributed by atoms with van der Waals surface area (Å²) in [4.78, 5) is 19.8. The number of thiazole rings is 1. The third-order valence-corrected chi connectivity index (χ3v) is 5.78. The Balaban J connectivity index is 1.53. The van der Waals surface area contributed by atoms with Crippen LogP contribution in [-0.4, -0.2) is 52.3 Å². The molecule has 1 aliphatic rings. The van der Waals surface area contributed by atoms with E-state index >= 15 is 0 Å². The smallest absolute Gasteiger partial charge is 0.348 e. The first kappa shape index (κ1) is 19.7. The van der Waals surface area contributed by atoms with Crippen LogP contribution in [0.25, 0.3) is 0 Å². The van der Waals surface area contributed by atoms with E-state index in [0.717, 1.165) is 35.3 Å². The van der Waals surface area contributed by atoms with Crippen molar-refractivity contribution in [2.45, 2.75) is 25.9 Å². The molecule has 6 nitrogen and oxygen atoms in total. The molecule has 27 heavy (non-hydrogen) atoms. The summed E-state index contributed by atoms with van der Waals surface area (Å²) in [6.45, 7) is 3.77. The van der Waals surface area contributed by atoms with Gasteiger partial charge in [-0.1, -0.05) is 0 Å². The van der Waals surface area contributed by atoms with Gasteiger partial charge >= 0.3 is 6.18 Å². The number of nitrogens with zero attached hydrogens (tertiary/aromatic N) is 5. The van der Waals surface area contributed by atoms with Gasteiger partial charge in [-0.2, -0.15) is 18.3 Å². The SMILES string of the molecule is Cc1cc(C(=O)N(C)CC2CCN(c3nc(C(F)(F)F)cs3)CC2)nn1C. The molecule has 1 aliphatic heterocycles. The molecule has 1 fully saturated rings. The Hall–Kier alpha value is -2.10. The van der Waals surface area contributed by atoms with Crippen LogP contribution in [0.1, 0.15) is 34.7 Å². The summed E-state index contributed by atoms with van der Waals surface area (Å²) >= 11 is 1.02. The van der Waals surface area contributed by atoms with Crippen LogP contribution in [0.5, 0.6) is 0 Å². The van der Waals surface area contributed by atoms with Crippen molar-refractivity contribution in [3.05, 3.63) is 28.5 Å². The maximum absolute atomic E-state index is 12.7. The van der Waals surface area contributed by atoms with Crippen LogP contribution in [0.4, 0.5) is 18.3 Å². The number of rotatable bonds is 4. The number of hydrogen-bond donors (Lipinski definition) is 0. The average Bonchev–Trinajstić information content (AvgIpc) is 3.22. The Morgan fingerprint density at radius 2 is 2.04 bits per heavy atom. The molecule has 1 amide bonds. The van der Waals surface area contributed by atoms with E-state index in [0.29, 0.717) is 36.4 Å². The highest BCUT2D eigenvalue weighted by atomic mass is 32.1. The standard InChI is InChI=1S/C17H22F3N5OS/c1-11-8-13(22-24(11)3)15(26)23(2)9-12-4-6-25(7-5-12)16-21-14(10-27-16)17(18,19)20/h8,10,12H,4-7,9H2,1-3H3. The van der Waals surface area contributed by atoms with Gasteiger partial charge in [0, 0.05) is 44.8 Å². The number of halogens is 3. The van der Waals surface area contributed by atoms with Gasteiger partial charge in [-0.05, 0) is 31.7 Å². The minimum atomic E-state index is -4.40. The topological polar surface area (TPSA) is 54.3 Å². The first-order chi connectivity index (χ1) is 12.6. The van der Waals surface area contributed by atoms with Crippen molar-refractivity contribution in [1.29, 1.82) is 0 Å². The molecule has 0 spiro atoms. The Labute approximate surface area is 159 Å². The fourth-order valence-corrected chi connectivity index (χ4v) is 4.06. The zero-order valence-electron chi connectivity index (χ0n) is 15.5. The largest absolute Gasteiger partial charge is 0.434 e. The summed E-state index contributed by atoms with van der Waals surface area (Å²) in [6.07, 6.45) is -2.79. The maximum atomic E-state index is 12.7. The van der Waals surface area contributed by atoms with Crippen molar-refractivity contribution in [2.75, 3.05) is 31.6 Å². The highest BCUT2D eigenvalue weighted by Crippen LogP contribution is 2.34. The molecule has 1 saturated heterocycles. The summed E-state index contributed by atoms with van der Waals surface area (Å²) in [7, 11) is 3.56. The van der Waals surface area contributed by atoms with E-state index in [1.807, 2.05) is 11.8 Å². The number of hydrogen-bond acceptors (Lipinski definition) is 5. The molecule has 0 radical (unpaired) electrons. The summed E-state index contributed by atoms with van der Waals surface area (Å²) < 4.78 is 39.8. The van der Waals surface area contributed by atoms with Crippen molar-refractivity contribution in [1.82, 2.24) is 19.7 Å². The van der Waals surface area contributed by atoms with Crippen LogP contribution in [0.3, 0.4) is 0 Å². The van der Waals surface area contributed by atoms with Gasteiger partial charge < -0.3 is 9.80 Å². The number of alkyl halides is 3. The third kappa shape index (κ3) is 4.42. The molecule has 3 rings (SSSR count). The molecule has 0 atom stereocenters. The summed E-state index contributed by atoms with van der Waals surface area (Å²) in [5, 5.41) is 5.69. The van der Waals surface area contributed by atoms with Crippen LogP contribution in [0.15, 0.2) is 11.4 Å². The Morgan fingerprint density at radius 3 is 2.56 bits per heavy atom. The predicted octanol–water partition coefficient (Wildman–Crippen LogP) is 3.19. The molecule has 148 valence electrons. The van der Waals surface area contributed by atoms with E-state index in [4.69, 9.17) is 0 Å². The fraction of sp³-hybridized carbons (Fsp3) is 0.588. The fourth-order valence-electron chi connectivity index (χ4n) is 3.18. The van der Waals surface area contributed by atoms with Crippen molar-refractivity contribution in [2.24, 2.45) is 13.0 Å². The van der Waals surface area contributed by atoms with E-state index in [-0.39, 0.29) is 5.91 Å². The zero-order chi connectivity index (χ0) is 19.8. The van der Waals surface area contributed by atoms with Gasteiger partial charge in [0.15, 0.2) is 16.5 Å². The lowest BCUT2D eigenvalue weighted by Gasteiger charge is -2.33. The Morgan fingerprint density at radius 1 is 1.37 bits per heavy atom. The van der Waals surface area contributed by atoms with E-state index < -0.39 is 11.9 Å². The molecular weight excluding hydrogens is 379 g/mol. The number of carbonyl (C=O) groups excluding carboxylic acids is 1. The average molecular weight is 401 g/mol. The third-order valence-electron chi connectivity index (χ3n) is 4.88. The second-order valence-electron chi connectivity index (χ2n) is 6.92. The summed E-state index contributed by atoms with van der Waals surface area (Å²) in [6, 6.07) is 1.77. The first-order valence-electron chi connectivity index (χ1n) is 8.69. The van der Waals surface area contributed by atoms with E-state index in [2.05, 4.69) is 10.1 Å². The van der Waals surface area contributed by atoms with Crippen molar-refractivity contribution >= 4 is 22.4 Å². The van der Waals surface area contributed by atoms with Crippen LogP contribution in [-0.2, 0) is 13.2 Å². The van der Waals surface area contributed by atoms with Gasteiger partial charge in [0.25, 0.3) is 5.91 Å². The number of amides is 1. The highest BCUT2D eigenvalue weighted by molar-refractivity contribution is 7.13. The molecule has 0 saturated carbocycles. The van der Waals surface area contributed by atoms with Crippen LogP contribution < -0.4 is 4.90 Å². The maximum Gasteiger partial charge on any atom is 0.434 e. The van der Waals surface area contributed by atoms with Crippen molar-refractivity contribution in [3.8, 4) is 0 Å². The summed E-state index contributed by atoms with van der Waals surface area (Å²) in [5.41, 5.74) is 0.514. The van der Waals surface area contributed by atoms with Gasteiger partial charge in [0.05, 0.1) is 0 Å². The molecule has 3 heterocycles. The van der Waals surface area contributed by atoms with Gasteiger partial charge in [0.1, 0.15) is 0 Å². The first-order valence-corrected chi connectivity index (χ1v) is 9.57. The van der Waals surface area contributed by atoms with Gasteiger partial charge in [-0.15, -0.1) is 11.3 Å². The quantitative estimate of drug-likeness (QED) is 0.790. The molecule has 0 unspecified atom stereocenters. The van der Waals surface area contributed by atoms with E-state index in [1.54, 1.807) is 29.7 Å². The zero-order valence-corrected chi connectivity index (χ0v) is 16.3. The lowest BCUT2D eigenvalue weighted by atomic mass is 9.96. The minimum absolute atomic E-state index is 0.115. The lowest BCUT2D eigenvalue weighted by molar-refractivity contribution is -0.140. The molecule has 10 heteroatoms. The normalized spacial score (nSPS) is 16.0. The van der Waals surface area contributed by atoms with Gasteiger partial charge in [-0.3, -0.25) is 9.48 Å². The molecular formula is C17H22F3N5OS. The number of aryl methyl sites for hydroxylation is 2.